The van der Waals surface area contributed by atoms with Crippen molar-refractivity contribution < 1.29 is 4.39 Å². The van der Waals surface area contributed by atoms with E-state index in [9.17, 15) is 4.39 Å². The van der Waals surface area contributed by atoms with E-state index in [-0.39, 0.29) is 11.9 Å². The van der Waals surface area contributed by atoms with E-state index in [1.807, 2.05) is 25.1 Å². The molecule has 1 atom stereocenters. The molecule has 0 aromatic heterocycles. The predicted molar refractivity (Wildman–Crippen MR) is 62.2 cm³/mol. The topological polar surface area (TPSA) is 12.0 Å². The first-order valence-electron chi connectivity index (χ1n) is 5.34. The van der Waals surface area contributed by atoms with Crippen LogP contribution in [0.5, 0.6) is 0 Å². The summed E-state index contributed by atoms with van der Waals surface area (Å²) in [6, 6.07) is 6.92. The number of nitrogens with one attached hydrogen (secondary N) is 1. The van der Waals surface area contributed by atoms with Crippen molar-refractivity contribution in [3.8, 4) is 0 Å². The number of halogens is 1. The minimum absolute atomic E-state index is 0.181. The van der Waals surface area contributed by atoms with E-state index in [2.05, 4.69) is 18.3 Å². The monoisotopic (exact) mass is 207 g/mol. The Morgan fingerprint density at radius 3 is 2.60 bits per heavy atom. The summed E-state index contributed by atoms with van der Waals surface area (Å²) >= 11 is 0. The Hall–Kier alpha value is -1.15. The van der Waals surface area contributed by atoms with E-state index >= 15 is 0 Å². The van der Waals surface area contributed by atoms with E-state index in [1.165, 1.54) is 12.1 Å². The smallest absolute Gasteiger partial charge is 0.123 e. The molecule has 1 aromatic rings. The highest BCUT2D eigenvalue weighted by Crippen LogP contribution is 2.12. The van der Waals surface area contributed by atoms with Crippen molar-refractivity contribution in [2.75, 3.05) is 6.54 Å². The molecule has 0 fully saturated rings. The largest absolute Gasteiger partial charge is 0.310 e. The van der Waals surface area contributed by atoms with Crippen LogP contribution in [0.25, 0.3) is 0 Å². The Morgan fingerprint density at radius 1 is 1.33 bits per heavy atom. The van der Waals surface area contributed by atoms with Gasteiger partial charge in [0.15, 0.2) is 0 Å². The van der Waals surface area contributed by atoms with Crippen LogP contribution in [0.15, 0.2) is 36.4 Å². The normalized spacial score (nSPS) is 13.3. The number of rotatable bonds is 5. The zero-order valence-corrected chi connectivity index (χ0v) is 9.33. The molecule has 0 spiro atoms. The van der Waals surface area contributed by atoms with Gasteiger partial charge >= 0.3 is 0 Å². The second kappa shape index (κ2) is 6.36. The Kier molecular flexibility index (Phi) is 5.05. The third-order valence-electron chi connectivity index (χ3n) is 2.37. The van der Waals surface area contributed by atoms with Crippen LogP contribution in [0.4, 0.5) is 4.39 Å². The SMILES string of the molecule is C/C=C/CCNC(C)c1ccc(F)cc1. The molecule has 1 unspecified atom stereocenters. The summed E-state index contributed by atoms with van der Waals surface area (Å²) in [6.07, 6.45) is 5.21. The Bertz CT molecular complexity index is 303. The van der Waals surface area contributed by atoms with Gasteiger partial charge in [-0.15, -0.1) is 0 Å². The third kappa shape index (κ3) is 4.26. The first kappa shape index (κ1) is 11.9. The number of hydrogen-bond acceptors (Lipinski definition) is 1. The highest BCUT2D eigenvalue weighted by atomic mass is 19.1. The van der Waals surface area contributed by atoms with Crippen LogP contribution in [0.3, 0.4) is 0 Å². The van der Waals surface area contributed by atoms with Gasteiger partial charge in [-0.25, -0.2) is 4.39 Å². The van der Waals surface area contributed by atoms with Crippen LogP contribution < -0.4 is 5.32 Å². The molecule has 0 saturated heterocycles. The summed E-state index contributed by atoms with van der Waals surface area (Å²) in [5.74, 6) is -0.181. The van der Waals surface area contributed by atoms with Gasteiger partial charge in [0.2, 0.25) is 0 Å². The van der Waals surface area contributed by atoms with Crippen LogP contribution in [0, 0.1) is 5.82 Å². The summed E-state index contributed by atoms with van der Waals surface area (Å²) in [7, 11) is 0. The van der Waals surface area contributed by atoms with Gasteiger partial charge < -0.3 is 5.32 Å². The molecule has 0 aliphatic rings. The van der Waals surface area contributed by atoms with Crippen molar-refractivity contribution in [3.63, 3.8) is 0 Å². The maximum Gasteiger partial charge on any atom is 0.123 e. The molecule has 0 aliphatic carbocycles. The van der Waals surface area contributed by atoms with Crippen molar-refractivity contribution in [1.82, 2.24) is 5.32 Å². The molecule has 1 rings (SSSR count). The highest BCUT2D eigenvalue weighted by Gasteiger charge is 2.03. The molecule has 0 amide bonds. The van der Waals surface area contributed by atoms with E-state index < -0.39 is 0 Å². The summed E-state index contributed by atoms with van der Waals surface area (Å²) in [4.78, 5) is 0. The van der Waals surface area contributed by atoms with Crippen molar-refractivity contribution in [2.45, 2.75) is 26.3 Å². The fourth-order valence-electron chi connectivity index (χ4n) is 1.42. The quantitative estimate of drug-likeness (QED) is 0.576. The molecule has 1 aromatic carbocycles. The lowest BCUT2D eigenvalue weighted by molar-refractivity contribution is 0.577. The van der Waals surface area contributed by atoms with Gasteiger partial charge in [0.25, 0.3) is 0 Å². The van der Waals surface area contributed by atoms with Gasteiger partial charge in [-0.05, 0) is 44.5 Å². The summed E-state index contributed by atoms with van der Waals surface area (Å²) < 4.78 is 12.7. The molecular weight excluding hydrogens is 189 g/mol. The Balaban J connectivity index is 2.39. The van der Waals surface area contributed by atoms with Gasteiger partial charge in [0, 0.05) is 6.04 Å². The molecule has 15 heavy (non-hydrogen) atoms. The van der Waals surface area contributed by atoms with Crippen molar-refractivity contribution >= 4 is 0 Å². The molecule has 82 valence electrons. The second-order valence-electron chi connectivity index (χ2n) is 3.59. The molecule has 2 heteroatoms. The van der Waals surface area contributed by atoms with Gasteiger partial charge in [0.05, 0.1) is 0 Å². The fraction of sp³-hybridized carbons (Fsp3) is 0.385. The predicted octanol–water partition coefficient (Wildman–Crippen LogP) is 3.44. The van der Waals surface area contributed by atoms with E-state index in [4.69, 9.17) is 0 Å². The summed E-state index contributed by atoms with van der Waals surface area (Å²) in [6.45, 7) is 5.05. The lowest BCUT2D eigenvalue weighted by atomic mass is 10.1. The second-order valence-corrected chi connectivity index (χ2v) is 3.59. The number of allylic oxidation sites excluding steroid dienone is 1. The first-order valence-corrected chi connectivity index (χ1v) is 5.34. The van der Waals surface area contributed by atoms with E-state index in [0.717, 1.165) is 18.5 Å². The molecular formula is C13H18FN. The molecule has 0 bridgehead atoms. The zero-order valence-electron chi connectivity index (χ0n) is 9.33. The van der Waals surface area contributed by atoms with Crippen molar-refractivity contribution in [3.05, 3.63) is 47.8 Å². The van der Waals surface area contributed by atoms with Gasteiger partial charge in [-0.3, -0.25) is 0 Å². The minimum Gasteiger partial charge on any atom is -0.310 e. The maximum absolute atomic E-state index is 12.7. The lowest BCUT2D eigenvalue weighted by Gasteiger charge is -2.13. The number of hydrogen-bond donors (Lipinski definition) is 1. The Morgan fingerprint density at radius 2 is 2.00 bits per heavy atom. The maximum atomic E-state index is 12.7. The number of benzene rings is 1. The molecule has 0 radical (unpaired) electrons. The highest BCUT2D eigenvalue weighted by molar-refractivity contribution is 5.19. The lowest BCUT2D eigenvalue weighted by Crippen LogP contribution is -2.19. The standard InChI is InChI=1S/C13H18FN/c1-3-4-5-10-15-11(2)12-6-8-13(14)9-7-12/h3-4,6-9,11,15H,5,10H2,1-2H3/b4-3+. The molecule has 1 nitrogen and oxygen atoms in total. The van der Waals surface area contributed by atoms with Crippen LogP contribution in [-0.2, 0) is 0 Å². The van der Waals surface area contributed by atoms with E-state index in [1.54, 1.807) is 0 Å². The van der Waals surface area contributed by atoms with Gasteiger partial charge in [-0.1, -0.05) is 24.3 Å². The molecule has 0 heterocycles. The summed E-state index contributed by atoms with van der Waals surface area (Å²) in [5.41, 5.74) is 1.12. The zero-order chi connectivity index (χ0) is 11.1. The van der Waals surface area contributed by atoms with Crippen molar-refractivity contribution in [2.24, 2.45) is 0 Å². The molecule has 1 N–H and O–H groups in total. The van der Waals surface area contributed by atoms with Crippen LogP contribution in [0.1, 0.15) is 31.9 Å². The van der Waals surface area contributed by atoms with Crippen molar-refractivity contribution in [1.29, 1.82) is 0 Å². The average Bonchev–Trinajstić information content (AvgIpc) is 2.25. The van der Waals surface area contributed by atoms with Crippen LogP contribution in [0.2, 0.25) is 0 Å². The molecule has 0 aliphatic heterocycles. The first-order chi connectivity index (χ1) is 7.24. The average molecular weight is 207 g/mol. The third-order valence-corrected chi connectivity index (χ3v) is 2.37. The van der Waals surface area contributed by atoms with Gasteiger partial charge in [0.1, 0.15) is 5.82 Å². The van der Waals surface area contributed by atoms with Gasteiger partial charge in [-0.2, -0.15) is 0 Å². The van der Waals surface area contributed by atoms with Crippen LogP contribution in [-0.4, -0.2) is 6.54 Å². The fourth-order valence-corrected chi connectivity index (χ4v) is 1.42. The Labute approximate surface area is 91.0 Å². The van der Waals surface area contributed by atoms with E-state index in [0.29, 0.717) is 0 Å². The molecule has 0 saturated carbocycles. The van der Waals surface area contributed by atoms with Crippen LogP contribution >= 0.6 is 0 Å². The summed E-state index contributed by atoms with van der Waals surface area (Å²) in [5, 5.41) is 3.38. The minimum atomic E-state index is -0.181.